The summed E-state index contributed by atoms with van der Waals surface area (Å²) in [6.45, 7) is 2.71. The number of para-hydroxylation sites is 1. The predicted octanol–water partition coefficient (Wildman–Crippen LogP) is 2.96. The van der Waals surface area contributed by atoms with Crippen molar-refractivity contribution in [1.29, 1.82) is 0 Å². The number of carbonyl (C=O) groups excluding carboxylic acids is 3. The van der Waals surface area contributed by atoms with E-state index in [-0.39, 0.29) is 18.4 Å². The minimum atomic E-state index is -0.791. The molecule has 0 aromatic heterocycles. The smallest absolute Gasteiger partial charge is 0.243 e. The molecule has 2 aromatic rings. The van der Waals surface area contributed by atoms with E-state index < -0.39 is 11.8 Å². The molecule has 3 rings (SSSR count). The zero-order valence-electron chi connectivity index (χ0n) is 16.0. The third-order valence-corrected chi connectivity index (χ3v) is 5.21. The summed E-state index contributed by atoms with van der Waals surface area (Å²) in [5.74, 6) is -1.14. The van der Waals surface area contributed by atoms with Crippen molar-refractivity contribution in [3.05, 3.63) is 53.0 Å². The van der Waals surface area contributed by atoms with Crippen LogP contribution in [0.25, 0.3) is 0 Å². The SMILES string of the molecule is CCOc1ccc(NC(=O)CNC(=O)C2CCN(c3ccccc3Br)C2=O)cc1. The van der Waals surface area contributed by atoms with E-state index in [2.05, 4.69) is 26.6 Å². The average Bonchev–Trinajstić information content (AvgIpc) is 3.09. The maximum Gasteiger partial charge on any atom is 0.243 e. The molecule has 1 unspecified atom stereocenters. The van der Waals surface area contributed by atoms with Crippen molar-refractivity contribution in [1.82, 2.24) is 5.32 Å². The van der Waals surface area contributed by atoms with Gasteiger partial charge >= 0.3 is 0 Å². The Balaban J connectivity index is 1.51. The lowest BCUT2D eigenvalue weighted by atomic mass is 10.1. The van der Waals surface area contributed by atoms with Crippen LogP contribution in [-0.4, -0.2) is 37.4 Å². The lowest BCUT2D eigenvalue weighted by molar-refractivity contribution is -0.133. The predicted molar refractivity (Wildman–Crippen MR) is 114 cm³/mol. The summed E-state index contributed by atoms with van der Waals surface area (Å²) < 4.78 is 6.15. The highest BCUT2D eigenvalue weighted by molar-refractivity contribution is 9.10. The molecule has 1 atom stereocenters. The summed E-state index contributed by atoms with van der Waals surface area (Å²) in [7, 11) is 0. The van der Waals surface area contributed by atoms with E-state index in [1.807, 2.05) is 31.2 Å². The van der Waals surface area contributed by atoms with Gasteiger partial charge in [-0.2, -0.15) is 0 Å². The van der Waals surface area contributed by atoms with Gasteiger partial charge in [-0.3, -0.25) is 14.4 Å². The normalized spacial score (nSPS) is 15.9. The van der Waals surface area contributed by atoms with Crippen LogP contribution in [0, 0.1) is 5.92 Å². The minimum absolute atomic E-state index is 0.204. The molecule has 29 heavy (non-hydrogen) atoms. The summed E-state index contributed by atoms with van der Waals surface area (Å²) in [6.07, 6.45) is 0.409. The number of hydrogen-bond donors (Lipinski definition) is 2. The fraction of sp³-hybridized carbons (Fsp3) is 0.286. The molecular formula is C21H22BrN3O4. The standard InChI is InChI=1S/C21H22BrN3O4/c1-2-29-15-9-7-14(8-10-15)24-19(26)13-23-20(27)16-11-12-25(21(16)28)18-6-4-3-5-17(18)22/h3-10,16H,2,11-13H2,1H3,(H,23,27)(H,24,26). The van der Waals surface area contributed by atoms with Crippen molar-refractivity contribution in [2.45, 2.75) is 13.3 Å². The molecule has 1 saturated heterocycles. The highest BCUT2D eigenvalue weighted by atomic mass is 79.9. The summed E-state index contributed by atoms with van der Waals surface area (Å²) in [5, 5.41) is 5.26. The van der Waals surface area contributed by atoms with Gasteiger partial charge in [-0.25, -0.2) is 0 Å². The molecule has 1 fully saturated rings. The summed E-state index contributed by atoms with van der Waals surface area (Å²) in [4.78, 5) is 38.8. The van der Waals surface area contributed by atoms with E-state index in [0.717, 1.165) is 10.2 Å². The van der Waals surface area contributed by atoms with Crippen LogP contribution in [0.1, 0.15) is 13.3 Å². The lowest BCUT2D eigenvalue weighted by Crippen LogP contribution is -2.40. The Kier molecular flexibility index (Phi) is 6.87. The van der Waals surface area contributed by atoms with Gasteiger partial charge in [0.25, 0.3) is 0 Å². The molecule has 8 heteroatoms. The van der Waals surface area contributed by atoms with Gasteiger partial charge in [-0.15, -0.1) is 0 Å². The first-order valence-corrected chi connectivity index (χ1v) is 10.1. The van der Waals surface area contributed by atoms with Crippen LogP contribution < -0.4 is 20.3 Å². The number of rotatable bonds is 7. The fourth-order valence-electron chi connectivity index (χ4n) is 3.13. The maximum atomic E-state index is 12.7. The molecule has 152 valence electrons. The average molecular weight is 460 g/mol. The van der Waals surface area contributed by atoms with Crippen LogP contribution >= 0.6 is 15.9 Å². The monoisotopic (exact) mass is 459 g/mol. The Morgan fingerprint density at radius 3 is 2.59 bits per heavy atom. The quantitative estimate of drug-likeness (QED) is 0.623. The highest BCUT2D eigenvalue weighted by Gasteiger charge is 2.38. The molecule has 0 aliphatic carbocycles. The molecule has 0 radical (unpaired) electrons. The number of ether oxygens (including phenoxy) is 1. The van der Waals surface area contributed by atoms with Gasteiger partial charge < -0.3 is 20.3 Å². The van der Waals surface area contributed by atoms with Crippen molar-refractivity contribution in [3.8, 4) is 5.75 Å². The Hall–Kier alpha value is -2.87. The van der Waals surface area contributed by atoms with Gasteiger partial charge in [0, 0.05) is 16.7 Å². The zero-order chi connectivity index (χ0) is 20.8. The van der Waals surface area contributed by atoms with Gasteiger partial charge in [-0.05, 0) is 65.7 Å². The van der Waals surface area contributed by atoms with Gasteiger partial charge in [-0.1, -0.05) is 12.1 Å². The van der Waals surface area contributed by atoms with Crippen LogP contribution in [0.5, 0.6) is 5.75 Å². The summed E-state index contributed by atoms with van der Waals surface area (Å²) >= 11 is 3.43. The number of nitrogens with zero attached hydrogens (tertiary/aromatic N) is 1. The first-order chi connectivity index (χ1) is 14.0. The van der Waals surface area contributed by atoms with Gasteiger partial charge in [0.15, 0.2) is 0 Å². The van der Waals surface area contributed by atoms with Crippen molar-refractivity contribution in [2.75, 3.05) is 29.9 Å². The molecular weight excluding hydrogens is 438 g/mol. The van der Waals surface area contributed by atoms with Crippen molar-refractivity contribution >= 4 is 45.0 Å². The Morgan fingerprint density at radius 1 is 1.17 bits per heavy atom. The molecule has 2 N–H and O–H groups in total. The number of hydrogen-bond acceptors (Lipinski definition) is 4. The minimum Gasteiger partial charge on any atom is -0.494 e. The first-order valence-electron chi connectivity index (χ1n) is 9.36. The zero-order valence-corrected chi connectivity index (χ0v) is 17.6. The number of carbonyl (C=O) groups is 3. The fourth-order valence-corrected chi connectivity index (χ4v) is 3.63. The Morgan fingerprint density at radius 2 is 1.90 bits per heavy atom. The molecule has 3 amide bonds. The maximum absolute atomic E-state index is 12.7. The number of amides is 3. The Labute approximate surface area is 177 Å². The second kappa shape index (κ2) is 9.56. The molecule has 1 aliphatic heterocycles. The second-order valence-corrected chi connectivity index (χ2v) is 7.36. The third-order valence-electron chi connectivity index (χ3n) is 4.54. The van der Waals surface area contributed by atoms with E-state index in [1.54, 1.807) is 29.2 Å². The van der Waals surface area contributed by atoms with Crippen molar-refractivity contribution in [2.24, 2.45) is 5.92 Å². The van der Waals surface area contributed by atoms with Gasteiger partial charge in [0.05, 0.1) is 18.8 Å². The lowest BCUT2D eigenvalue weighted by Gasteiger charge is -2.18. The molecule has 1 heterocycles. The van der Waals surface area contributed by atoms with E-state index in [1.165, 1.54) is 0 Å². The summed E-state index contributed by atoms with van der Waals surface area (Å²) in [6, 6.07) is 14.3. The molecule has 2 aromatic carbocycles. The van der Waals surface area contributed by atoms with Crippen LogP contribution in [0.15, 0.2) is 53.0 Å². The van der Waals surface area contributed by atoms with E-state index in [0.29, 0.717) is 31.0 Å². The van der Waals surface area contributed by atoms with Crippen molar-refractivity contribution in [3.63, 3.8) is 0 Å². The van der Waals surface area contributed by atoms with E-state index >= 15 is 0 Å². The molecule has 0 spiro atoms. The van der Waals surface area contributed by atoms with Gasteiger partial charge in [0.2, 0.25) is 17.7 Å². The van der Waals surface area contributed by atoms with Crippen molar-refractivity contribution < 1.29 is 19.1 Å². The molecule has 0 saturated carbocycles. The van der Waals surface area contributed by atoms with Crippen LogP contribution in [0.2, 0.25) is 0 Å². The van der Waals surface area contributed by atoms with E-state index in [9.17, 15) is 14.4 Å². The molecule has 1 aliphatic rings. The number of halogens is 1. The Bertz CT molecular complexity index is 901. The summed E-state index contributed by atoms with van der Waals surface area (Å²) in [5.41, 5.74) is 1.34. The molecule has 0 bridgehead atoms. The van der Waals surface area contributed by atoms with E-state index in [4.69, 9.17) is 4.74 Å². The van der Waals surface area contributed by atoms with Crippen LogP contribution in [-0.2, 0) is 14.4 Å². The largest absolute Gasteiger partial charge is 0.494 e. The van der Waals surface area contributed by atoms with Gasteiger partial charge in [0.1, 0.15) is 11.7 Å². The van der Waals surface area contributed by atoms with Crippen LogP contribution in [0.3, 0.4) is 0 Å². The first kappa shape index (κ1) is 20.9. The number of nitrogens with one attached hydrogen (secondary N) is 2. The number of benzene rings is 2. The second-order valence-electron chi connectivity index (χ2n) is 6.51. The highest BCUT2D eigenvalue weighted by Crippen LogP contribution is 2.31. The molecule has 7 nitrogen and oxygen atoms in total. The van der Waals surface area contributed by atoms with Crippen LogP contribution in [0.4, 0.5) is 11.4 Å². The third kappa shape index (κ3) is 5.14. The number of anilines is 2. The topological polar surface area (TPSA) is 87.7 Å².